The molecule has 0 aliphatic heterocycles. The molecule has 10 aromatic rings. The summed E-state index contributed by atoms with van der Waals surface area (Å²) in [7, 11) is 0. The van der Waals surface area contributed by atoms with Crippen LogP contribution >= 0.6 is 0 Å². The largest absolute Gasteiger partial charge is 0 e. The average molecular weight is 1140 g/mol. The quantitative estimate of drug-likeness (QED) is 0.107. The van der Waals surface area contributed by atoms with E-state index in [4.69, 9.17) is 14.9 Å². The third kappa shape index (κ3) is 9.56. The van der Waals surface area contributed by atoms with Crippen LogP contribution in [0.1, 0.15) is 87.0 Å². The van der Waals surface area contributed by atoms with Gasteiger partial charge in [-0.1, -0.05) is 124 Å². The summed E-state index contributed by atoms with van der Waals surface area (Å²) in [6.07, 6.45) is 1.76. The summed E-state index contributed by atoms with van der Waals surface area (Å²) in [6.45, 7) is 10.4. The van der Waals surface area contributed by atoms with Crippen molar-refractivity contribution in [2.24, 2.45) is 0 Å². The molecule has 0 aliphatic carbocycles. The SMILES string of the molecule is CC(C)c1cc(-c2ccccc2)cc(C(C)C)c1-n1c(-c2[c-]ccc3c2oc2cc(-c4ccccc4)ccc23)nc2ccccc21.[2H]C([2H])([2H])c1c[c-]c(-c2cc(C([2H])(C)C)[c]([Ge]([CH3])([CH3])[CH3])cn2)c(F)c1.[Ir]. The molecule has 1 radical (unpaired) electrons. The van der Waals surface area contributed by atoms with Gasteiger partial charge in [-0.25, -0.2) is 0 Å². The maximum Gasteiger partial charge on any atom is 0 e. The van der Waals surface area contributed by atoms with Crippen molar-refractivity contribution in [2.75, 3.05) is 0 Å². The number of pyridine rings is 1. The average Bonchev–Trinajstić information content (AvgIpc) is 3.92. The number of rotatable bonds is 9. The first kappa shape index (κ1) is 43.4. The maximum absolute atomic E-state index is 14.5. The molecule has 0 aliphatic rings. The van der Waals surface area contributed by atoms with Crippen molar-refractivity contribution in [1.82, 2.24) is 14.5 Å². The fourth-order valence-corrected chi connectivity index (χ4v) is 12.3. The summed E-state index contributed by atoms with van der Waals surface area (Å²) >= 11 is -2.25. The fourth-order valence-electron chi connectivity index (χ4n) is 9.02. The molecule has 0 spiro atoms. The molecule has 0 saturated carbocycles. The van der Waals surface area contributed by atoms with Gasteiger partial charge in [-0.2, -0.15) is 0 Å². The summed E-state index contributed by atoms with van der Waals surface area (Å²) in [4.78, 5) is 9.69. The third-order valence-electron chi connectivity index (χ3n) is 12.5. The van der Waals surface area contributed by atoms with Crippen LogP contribution in [0.15, 0.2) is 156 Å². The Hall–Kier alpha value is -5.92. The van der Waals surface area contributed by atoms with Crippen LogP contribution in [0.4, 0.5) is 4.39 Å². The van der Waals surface area contributed by atoms with Crippen molar-refractivity contribution < 1.29 is 34.4 Å². The summed E-state index contributed by atoms with van der Waals surface area (Å²) in [6, 6.07) is 55.3. The van der Waals surface area contributed by atoms with Crippen LogP contribution in [0.5, 0.6) is 0 Å². The third-order valence-corrected chi connectivity index (χ3v) is 16.7. The Kier molecular flexibility index (Phi) is 12.7. The van der Waals surface area contributed by atoms with Crippen molar-refractivity contribution in [1.29, 1.82) is 0 Å². The molecule has 7 heteroatoms. The molecular formula is C61H58FGeIrN3O-2. The number of furan rings is 1. The molecule has 4 nitrogen and oxygen atoms in total. The molecule has 3 aromatic heterocycles. The number of imidazole rings is 1. The van der Waals surface area contributed by atoms with Gasteiger partial charge in [0.25, 0.3) is 0 Å². The summed E-state index contributed by atoms with van der Waals surface area (Å²) < 4.78 is 55.2. The zero-order valence-corrected chi connectivity index (χ0v) is 44.5. The van der Waals surface area contributed by atoms with E-state index in [1.165, 1.54) is 39.6 Å². The van der Waals surface area contributed by atoms with Crippen LogP contribution in [0.25, 0.3) is 83.6 Å². The van der Waals surface area contributed by atoms with Gasteiger partial charge < -0.3 is 8.98 Å². The predicted octanol–water partition coefficient (Wildman–Crippen LogP) is 16.6. The van der Waals surface area contributed by atoms with Crippen LogP contribution in [-0.4, -0.2) is 27.8 Å². The molecule has 0 unspecified atom stereocenters. The minimum Gasteiger partial charge on any atom is 0 e. The van der Waals surface area contributed by atoms with E-state index in [0.29, 0.717) is 5.69 Å². The molecule has 10 rings (SSSR count). The minimum absolute atomic E-state index is 0. The van der Waals surface area contributed by atoms with Gasteiger partial charge in [-0.05, 0) is 75.5 Å². The number of aryl methyl sites for hydroxylation is 1. The zero-order chi connectivity index (χ0) is 50.6. The van der Waals surface area contributed by atoms with Gasteiger partial charge >= 0.3 is 135 Å². The molecule has 345 valence electrons. The van der Waals surface area contributed by atoms with Crippen molar-refractivity contribution >= 4 is 50.6 Å². The molecule has 0 N–H and O–H groups in total. The van der Waals surface area contributed by atoms with Crippen LogP contribution in [0.3, 0.4) is 0 Å². The number of halogens is 1. The molecule has 0 fully saturated rings. The number of para-hydroxylation sites is 2. The van der Waals surface area contributed by atoms with Crippen LogP contribution < -0.4 is 4.40 Å². The minimum atomic E-state index is -2.37. The van der Waals surface area contributed by atoms with Crippen molar-refractivity contribution in [3.8, 4) is 50.6 Å². The van der Waals surface area contributed by atoms with E-state index >= 15 is 0 Å². The Bertz CT molecular complexity index is 3540. The first-order chi connectivity index (χ1) is 33.7. The number of hydrogen-bond donors (Lipinski definition) is 0. The number of benzene rings is 7. The number of aromatic nitrogens is 3. The Balaban J connectivity index is 0.000000227. The van der Waals surface area contributed by atoms with E-state index in [9.17, 15) is 4.39 Å². The molecule has 0 atom stereocenters. The van der Waals surface area contributed by atoms with Gasteiger partial charge in [-0.15, -0.1) is 18.2 Å². The summed E-state index contributed by atoms with van der Waals surface area (Å²) in [5.74, 6) is 6.59. The van der Waals surface area contributed by atoms with E-state index < -0.39 is 31.8 Å². The fraction of sp³-hybridized carbons (Fsp3) is 0.213. The van der Waals surface area contributed by atoms with Gasteiger partial charge in [0.05, 0.1) is 22.4 Å². The second kappa shape index (κ2) is 20.0. The number of nitrogens with zero attached hydrogens (tertiary/aromatic N) is 3. The number of hydrogen-bond acceptors (Lipinski definition) is 3. The Morgan fingerprint density at radius 3 is 1.94 bits per heavy atom. The van der Waals surface area contributed by atoms with E-state index in [-0.39, 0.29) is 43.1 Å². The topological polar surface area (TPSA) is 43.9 Å². The predicted molar refractivity (Wildman–Crippen MR) is 282 cm³/mol. The monoisotopic (exact) mass is 1140 g/mol. The van der Waals surface area contributed by atoms with Gasteiger partial charge in [0.1, 0.15) is 5.58 Å². The van der Waals surface area contributed by atoms with Gasteiger partial charge in [0.2, 0.25) is 0 Å². The molecule has 0 saturated heterocycles. The Morgan fingerprint density at radius 2 is 1.32 bits per heavy atom. The zero-order valence-electron chi connectivity index (χ0n) is 44.0. The van der Waals surface area contributed by atoms with Gasteiger partial charge in [-0.3, -0.25) is 4.98 Å². The molecule has 7 aromatic carbocycles. The van der Waals surface area contributed by atoms with Gasteiger partial charge in [0, 0.05) is 31.2 Å². The second-order valence-corrected chi connectivity index (χ2v) is 29.8. The van der Waals surface area contributed by atoms with Crippen molar-refractivity contribution in [3.63, 3.8) is 0 Å². The van der Waals surface area contributed by atoms with E-state index in [2.05, 4.69) is 182 Å². The van der Waals surface area contributed by atoms with E-state index in [1.807, 2.05) is 12.1 Å². The van der Waals surface area contributed by atoms with Crippen LogP contribution in [-0.2, 0) is 20.1 Å². The number of fused-ring (bicyclic) bond motifs is 4. The smallest absolute Gasteiger partial charge is 0 e. The van der Waals surface area contributed by atoms with Gasteiger partial charge in [0.15, 0.2) is 0 Å². The first-order valence-corrected chi connectivity index (χ1v) is 30.4. The van der Waals surface area contributed by atoms with E-state index in [1.54, 1.807) is 26.1 Å². The molecular weight excluding hydrogens is 1070 g/mol. The van der Waals surface area contributed by atoms with Crippen LogP contribution in [0.2, 0.25) is 17.3 Å². The van der Waals surface area contributed by atoms with Crippen molar-refractivity contribution in [3.05, 3.63) is 192 Å². The normalized spacial score (nSPS) is 12.9. The Labute approximate surface area is 423 Å². The molecule has 68 heavy (non-hydrogen) atoms. The molecule has 0 bridgehead atoms. The van der Waals surface area contributed by atoms with E-state index in [0.717, 1.165) is 65.9 Å². The summed E-state index contributed by atoms with van der Waals surface area (Å²) in [5, 5.41) is 2.15. The van der Waals surface area contributed by atoms with Crippen molar-refractivity contribution in [2.45, 2.75) is 83.4 Å². The van der Waals surface area contributed by atoms with Crippen LogP contribution in [0, 0.1) is 24.8 Å². The first-order valence-electron chi connectivity index (χ1n) is 25.1. The maximum atomic E-state index is 14.5. The molecule has 0 amide bonds. The Morgan fingerprint density at radius 1 is 0.676 bits per heavy atom. The second-order valence-electron chi connectivity index (χ2n) is 19.2. The molecule has 3 heterocycles. The summed E-state index contributed by atoms with van der Waals surface area (Å²) in [5.41, 5.74) is 14.3. The standard InChI is InChI=1S/C43H35N2O.C18H23FGeN.Ir/c1-27(2)36-24-32(30-16-9-6-10-17-30)25-37(28(3)4)41(36)45-39-21-12-11-20-38(39)44-43(45)35-19-13-18-34-33-23-22-31(26-40(33)46-42(34)35)29-14-7-5-8-15-29;1-12(2)15-10-18(21-11-17(15)20(4,5)6)14-8-7-13(3)9-16(14)19;/h5-18,20-28H,1-4H3;7,9-12H,1-6H3;/q2*-1;/i;3D3,12D;.